The molecule has 1 aliphatic rings. The van der Waals surface area contributed by atoms with Gasteiger partial charge in [-0.1, -0.05) is 6.07 Å². The minimum atomic E-state index is -0.111. The first-order chi connectivity index (χ1) is 8.60. The number of anilines is 1. The van der Waals surface area contributed by atoms with Crippen molar-refractivity contribution < 1.29 is 14.3 Å². The summed E-state index contributed by atoms with van der Waals surface area (Å²) in [5.74, 6) is 0.549. The van der Waals surface area contributed by atoms with Gasteiger partial charge in [-0.3, -0.25) is 9.59 Å². The SMILES string of the molecule is COc1cccc(NC(=O)C2CN(C(C)=O)C2)c1. The van der Waals surface area contributed by atoms with Crippen LogP contribution in [0.3, 0.4) is 0 Å². The number of hydrogen-bond acceptors (Lipinski definition) is 3. The minimum Gasteiger partial charge on any atom is -0.497 e. The molecule has 1 N–H and O–H groups in total. The van der Waals surface area contributed by atoms with Crippen molar-refractivity contribution in [3.05, 3.63) is 24.3 Å². The molecule has 0 atom stereocenters. The van der Waals surface area contributed by atoms with Gasteiger partial charge in [0.1, 0.15) is 5.75 Å². The van der Waals surface area contributed by atoms with E-state index in [9.17, 15) is 9.59 Å². The zero-order chi connectivity index (χ0) is 13.1. The second-order valence-corrected chi connectivity index (χ2v) is 4.34. The summed E-state index contributed by atoms with van der Waals surface area (Å²) in [6.45, 7) is 2.52. The van der Waals surface area contributed by atoms with Gasteiger partial charge in [0.2, 0.25) is 11.8 Å². The summed E-state index contributed by atoms with van der Waals surface area (Å²) < 4.78 is 5.08. The predicted octanol–water partition coefficient (Wildman–Crippen LogP) is 1.11. The summed E-state index contributed by atoms with van der Waals surface area (Å²) >= 11 is 0. The monoisotopic (exact) mass is 248 g/mol. The van der Waals surface area contributed by atoms with Crippen LogP contribution in [-0.4, -0.2) is 36.9 Å². The highest BCUT2D eigenvalue weighted by molar-refractivity contribution is 5.94. The molecule has 1 aromatic carbocycles. The van der Waals surface area contributed by atoms with Crippen LogP contribution in [0.2, 0.25) is 0 Å². The van der Waals surface area contributed by atoms with Crippen molar-refractivity contribution in [3.63, 3.8) is 0 Å². The lowest BCUT2D eigenvalue weighted by Gasteiger charge is -2.37. The van der Waals surface area contributed by atoms with Crippen LogP contribution >= 0.6 is 0 Å². The van der Waals surface area contributed by atoms with Gasteiger partial charge >= 0.3 is 0 Å². The van der Waals surface area contributed by atoms with Crippen LogP contribution in [0.4, 0.5) is 5.69 Å². The van der Waals surface area contributed by atoms with Gasteiger partial charge < -0.3 is 15.0 Å². The molecular formula is C13H16N2O3. The number of carbonyl (C=O) groups excluding carboxylic acids is 2. The molecule has 96 valence electrons. The number of nitrogens with zero attached hydrogens (tertiary/aromatic N) is 1. The zero-order valence-electron chi connectivity index (χ0n) is 10.5. The number of methoxy groups -OCH3 is 1. The second-order valence-electron chi connectivity index (χ2n) is 4.34. The lowest BCUT2D eigenvalue weighted by molar-refractivity contribution is -0.139. The van der Waals surface area contributed by atoms with E-state index < -0.39 is 0 Å². The van der Waals surface area contributed by atoms with Gasteiger partial charge in [-0.25, -0.2) is 0 Å². The Hall–Kier alpha value is -2.04. The van der Waals surface area contributed by atoms with Crippen molar-refractivity contribution in [1.82, 2.24) is 4.90 Å². The highest BCUT2D eigenvalue weighted by Crippen LogP contribution is 2.20. The number of rotatable bonds is 3. The fraction of sp³-hybridized carbons (Fsp3) is 0.385. The Bertz CT molecular complexity index is 467. The van der Waals surface area contributed by atoms with Crippen LogP contribution in [0.25, 0.3) is 0 Å². The topological polar surface area (TPSA) is 58.6 Å². The maximum atomic E-state index is 11.9. The molecule has 1 fully saturated rings. The predicted molar refractivity (Wildman–Crippen MR) is 67.4 cm³/mol. The molecule has 18 heavy (non-hydrogen) atoms. The van der Waals surface area contributed by atoms with Crippen LogP contribution in [0.1, 0.15) is 6.92 Å². The molecule has 1 heterocycles. The van der Waals surface area contributed by atoms with Gasteiger partial charge in [0.05, 0.1) is 13.0 Å². The molecular weight excluding hydrogens is 232 g/mol. The van der Waals surface area contributed by atoms with E-state index in [1.54, 1.807) is 18.1 Å². The number of carbonyl (C=O) groups is 2. The third-order valence-electron chi connectivity index (χ3n) is 3.03. The van der Waals surface area contributed by atoms with Crippen molar-refractivity contribution in [1.29, 1.82) is 0 Å². The molecule has 0 aromatic heterocycles. The van der Waals surface area contributed by atoms with Gasteiger partial charge in [-0.2, -0.15) is 0 Å². The fourth-order valence-corrected chi connectivity index (χ4v) is 1.85. The van der Waals surface area contributed by atoms with E-state index in [1.165, 1.54) is 6.92 Å². The van der Waals surface area contributed by atoms with Gasteiger partial charge in [0.15, 0.2) is 0 Å². The van der Waals surface area contributed by atoms with Crippen LogP contribution < -0.4 is 10.1 Å². The van der Waals surface area contributed by atoms with Gasteiger partial charge in [-0.15, -0.1) is 0 Å². The molecule has 0 aliphatic carbocycles. The summed E-state index contributed by atoms with van der Waals surface area (Å²) in [5, 5.41) is 2.82. The Balaban J connectivity index is 1.90. The van der Waals surface area contributed by atoms with Gasteiger partial charge in [0.25, 0.3) is 0 Å². The van der Waals surface area contributed by atoms with Crippen molar-refractivity contribution in [2.75, 3.05) is 25.5 Å². The lowest BCUT2D eigenvalue weighted by atomic mass is 9.99. The molecule has 0 bridgehead atoms. The second kappa shape index (κ2) is 5.08. The molecule has 1 aliphatic heterocycles. The highest BCUT2D eigenvalue weighted by Gasteiger charge is 2.33. The standard InChI is InChI=1S/C13H16N2O3/c1-9(16)15-7-10(8-15)13(17)14-11-4-3-5-12(6-11)18-2/h3-6,10H,7-8H2,1-2H3,(H,14,17). The number of benzene rings is 1. The maximum Gasteiger partial charge on any atom is 0.231 e. The Kier molecular flexibility index (Phi) is 3.50. The Morgan fingerprint density at radius 3 is 2.72 bits per heavy atom. The third kappa shape index (κ3) is 2.61. The third-order valence-corrected chi connectivity index (χ3v) is 3.03. The first-order valence-corrected chi connectivity index (χ1v) is 5.80. The molecule has 0 saturated carbocycles. The molecule has 0 spiro atoms. The molecule has 1 saturated heterocycles. The number of nitrogens with one attached hydrogen (secondary N) is 1. The van der Waals surface area contributed by atoms with E-state index in [-0.39, 0.29) is 17.7 Å². The number of likely N-dealkylation sites (tertiary alicyclic amines) is 1. The summed E-state index contributed by atoms with van der Waals surface area (Å²) in [6.07, 6.45) is 0. The molecule has 1 aromatic rings. The zero-order valence-corrected chi connectivity index (χ0v) is 10.5. The molecule has 5 nitrogen and oxygen atoms in total. The Labute approximate surface area is 106 Å². The summed E-state index contributed by atoms with van der Waals surface area (Å²) in [4.78, 5) is 24.5. The van der Waals surface area contributed by atoms with Crippen LogP contribution in [0.15, 0.2) is 24.3 Å². The summed E-state index contributed by atoms with van der Waals surface area (Å²) in [6, 6.07) is 7.20. The van der Waals surface area contributed by atoms with E-state index in [1.807, 2.05) is 18.2 Å². The molecule has 0 unspecified atom stereocenters. The fourth-order valence-electron chi connectivity index (χ4n) is 1.85. The van der Waals surface area contributed by atoms with E-state index in [0.29, 0.717) is 24.5 Å². The van der Waals surface area contributed by atoms with Gasteiger partial charge in [-0.05, 0) is 12.1 Å². The maximum absolute atomic E-state index is 11.9. The van der Waals surface area contributed by atoms with Crippen LogP contribution in [0.5, 0.6) is 5.75 Å². The molecule has 0 radical (unpaired) electrons. The van der Waals surface area contributed by atoms with Crippen molar-refractivity contribution >= 4 is 17.5 Å². The molecule has 5 heteroatoms. The smallest absolute Gasteiger partial charge is 0.231 e. The number of amides is 2. The first-order valence-electron chi connectivity index (χ1n) is 5.80. The summed E-state index contributed by atoms with van der Waals surface area (Å²) in [5.41, 5.74) is 0.709. The largest absolute Gasteiger partial charge is 0.497 e. The van der Waals surface area contributed by atoms with Gasteiger partial charge in [0, 0.05) is 31.8 Å². The lowest BCUT2D eigenvalue weighted by Crippen LogP contribution is -2.53. The molecule has 2 rings (SSSR count). The minimum absolute atomic E-state index is 0.0143. The normalized spacial score (nSPS) is 14.9. The molecule has 2 amide bonds. The average Bonchev–Trinajstić information content (AvgIpc) is 2.26. The van der Waals surface area contributed by atoms with E-state index >= 15 is 0 Å². The van der Waals surface area contributed by atoms with Crippen molar-refractivity contribution in [3.8, 4) is 5.75 Å². The van der Waals surface area contributed by atoms with E-state index in [0.717, 1.165) is 0 Å². The van der Waals surface area contributed by atoms with Crippen LogP contribution in [-0.2, 0) is 9.59 Å². The number of hydrogen-bond donors (Lipinski definition) is 1. The number of ether oxygens (including phenoxy) is 1. The Morgan fingerprint density at radius 2 is 2.11 bits per heavy atom. The van der Waals surface area contributed by atoms with E-state index in [4.69, 9.17) is 4.74 Å². The van der Waals surface area contributed by atoms with Crippen LogP contribution in [0, 0.1) is 5.92 Å². The Morgan fingerprint density at radius 1 is 1.39 bits per heavy atom. The van der Waals surface area contributed by atoms with E-state index in [2.05, 4.69) is 5.32 Å². The highest BCUT2D eigenvalue weighted by atomic mass is 16.5. The van der Waals surface area contributed by atoms with Crippen molar-refractivity contribution in [2.24, 2.45) is 5.92 Å². The van der Waals surface area contributed by atoms with Crippen molar-refractivity contribution in [2.45, 2.75) is 6.92 Å². The summed E-state index contributed by atoms with van der Waals surface area (Å²) in [7, 11) is 1.58. The first kappa shape index (κ1) is 12.4. The average molecular weight is 248 g/mol. The quantitative estimate of drug-likeness (QED) is 0.871.